The van der Waals surface area contributed by atoms with Gasteiger partial charge in [-0.15, -0.1) is 0 Å². The van der Waals surface area contributed by atoms with Crippen molar-refractivity contribution in [2.75, 3.05) is 13.1 Å². The molecule has 1 aromatic rings. The molecule has 2 N–H and O–H groups in total. The summed E-state index contributed by atoms with van der Waals surface area (Å²) in [7, 11) is 1.91. The van der Waals surface area contributed by atoms with Crippen molar-refractivity contribution in [3.8, 4) is 0 Å². The summed E-state index contributed by atoms with van der Waals surface area (Å²) in [4.78, 5) is 11.9. The van der Waals surface area contributed by atoms with Crippen LogP contribution in [0.1, 0.15) is 22.6 Å². The van der Waals surface area contributed by atoms with Crippen LogP contribution in [0.3, 0.4) is 0 Å². The lowest BCUT2D eigenvalue weighted by Crippen LogP contribution is -2.37. The fourth-order valence-electron chi connectivity index (χ4n) is 1.88. The summed E-state index contributed by atoms with van der Waals surface area (Å²) >= 11 is 0. The molecule has 1 aliphatic heterocycles. The molecule has 2 rings (SSSR count). The fraction of sp³-hybridized carbons (Fsp3) is 0.545. The van der Waals surface area contributed by atoms with Crippen molar-refractivity contribution in [3.05, 3.63) is 23.5 Å². The maximum Gasteiger partial charge on any atom is 0.268 e. The summed E-state index contributed by atoms with van der Waals surface area (Å²) in [5, 5.41) is 6.25. The smallest absolute Gasteiger partial charge is 0.268 e. The Kier molecular flexibility index (Phi) is 2.77. The Morgan fingerprint density at radius 1 is 1.60 bits per heavy atom. The second-order valence-corrected chi connectivity index (χ2v) is 4.08. The van der Waals surface area contributed by atoms with Gasteiger partial charge in [-0.25, -0.2) is 0 Å². The minimum Gasteiger partial charge on any atom is -0.347 e. The zero-order valence-corrected chi connectivity index (χ0v) is 9.21. The summed E-state index contributed by atoms with van der Waals surface area (Å²) in [6.45, 7) is 3.88. The van der Waals surface area contributed by atoms with Crippen molar-refractivity contribution in [1.82, 2.24) is 15.2 Å². The van der Waals surface area contributed by atoms with E-state index in [1.54, 1.807) is 0 Å². The highest BCUT2D eigenvalue weighted by Crippen LogP contribution is 2.07. The van der Waals surface area contributed by atoms with Gasteiger partial charge in [0.05, 0.1) is 0 Å². The number of hydrogen-bond acceptors (Lipinski definition) is 2. The topological polar surface area (TPSA) is 46.1 Å². The summed E-state index contributed by atoms with van der Waals surface area (Å²) in [5.41, 5.74) is 1.84. The van der Waals surface area contributed by atoms with Gasteiger partial charge in [0.15, 0.2) is 0 Å². The van der Waals surface area contributed by atoms with E-state index in [1.165, 1.54) is 0 Å². The number of aryl methyl sites for hydroxylation is 1. The van der Waals surface area contributed by atoms with Gasteiger partial charge >= 0.3 is 0 Å². The summed E-state index contributed by atoms with van der Waals surface area (Å²) < 4.78 is 1.91. The van der Waals surface area contributed by atoms with E-state index in [2.05, 4.69) is 10.6 Å². The second-order valence-electron chi connectivity index (χ2n) is 4.08. The van der Waals surface area contributed by atoms with Gasteiger partial charge < -0.3 is 15.2 Å². The normalized spacial score (nSPS) is 20.5. The largest absolute Gasteiger partial charge is 0.347 e. The molecule has 0 aromatic carbocycles. The molecule has 1 saturated heterocycles. The Labute approximate surface area is 89.7 Å². The highest BCUT2D eigenvalue weighted by molar-refractivity contribution is 5.93. The fourth-order valence-corrected chi connectivity index (χ4v) is 1.88. The highest BCUT2D eigenvalue weighted by Gasteiger charge is 2.18. The molecule has 15 heavy (non-hydrogen) atoms. The molecule has 4 heteroatoms. The van der Waals surface area contributed by atoms with Gasteiger partial charge in [-0.1, -0.05) is 0 Å². The Hall–Kier alpha value is -1.29. The van der Waals surface area contributed by atoms with Crippen molar-refractivity contribution in [2.24, 2.45) is 7.05 Å². The molecule has 0 spiro atoms. The molecule has 1 aromatic heterocycles. The van der Waals surface area contributed by atoms with Gasteiger partial charge in [0.2, 0.25) is 0 Å². The zero-order chi connectivity index (χ0) is 10.8. The summed E-state index contributed by atoms with van der Waals surface area (Å²) in [5.74, 6) is 0.0271. The summed E-state index contributed by atoms with van der Waals surface area (Å²) in [6.07, 6.45) is 1.02. The van der Waals surface area contributed by atoms with E-state index < -0.39 is 0 Å². The molecule has 1 fully saturated rings. The van der Waals surface area contributed by atoms with Crippen LogP contribution in [-0.4, -0.2) is 29.6 Å². The maximum atomic E-state index is 11.9. The first-order chi connectivity index (χ1) is 7.18. The molecular formula is C11H17N3O. The molecule has 0 aliphatic carbocycles. The molecule has 82 valence electrons. The lowest BCUT2D eigenvalue weighted by molar-refractivity contribution is 0.0931. The number of rotatable bonds is 2. The van der Waals surface area contributed by atoms with E-state index in [-0.39, 0.29) is 11.9 Å². The molecule has 0 bridgehead atoms. The molecule has 2 heterocycles. The standard InChI is InChI=1S/C11H17N3O/c1-8-3-4-10(14(8)2)11(15)13-9-5-6-12-7-9/h3-4,9,12H,5-7H2,1-2H3,(H,13,15)/t9-/m1/s1. The number of aromatic nitrogens is 1. The predicted molar refractivity (Wildman–Crippen MR) is 58.9 cm³/mol. The third kappa shape index (κ3) is 2.04. The van der Waals surface area contributed by atoms with E-state index in [1.807, 2.05) is 30.7 Å². The van der Waals surface area contributed by atoms with E-state index in [0.717, 1.165) is 30.9 Å². The van der Waals surface area contributed by atoms with E-state index >= 15 is 0 Å². The first-order valence-corrected chi connectivity index (χ1v) is 5.32. The van der Waals surface area contributed by atoms with Crippen LogP contribution >= 0.6 is 0 Å². The zero-order valence-electron chi connectivity index (χ0n) is 9.21. The number of nitrogens with zero attached hydrogens (tertiary/aromatic N) is 1. The Morgan fingerprint density at radius 3 is 2.93 bits per heavy atom. The second kappa shape index (κ2) is 4.06. The van der Waals surface area contributed by atoms with Crippen LogP contribution in [0.25, 0.3) is 0 Å². The van der Waals surface area contributed by atoms with Crippen LogP contribution in [0.4, 0.5) is 0 Å². The molecule has 0 radical (unpaired) electrons. The van der Waals surface area contributed by atoms with E-state index in [9.17, 15) is 4.79 Å². The molecule has 1 aliphatic rings. The summed E-state index contributed by atoms with van der Waals surface area (Å²) in [6, 6.07) is 4.11. The van der Waals surface area contributed by atoms with Gasteiger partial charge in [0, 0.05) is 25.3 Å². The maximum absolute atomic E-state index is 11.9. The first-order valence-electron chi connectivity index (χ1n) is 5.32. The van der Waals surface area contributed by atoms with Crippen molar-refractivity contribution in [3.63, 3.8) is 0 Å². The SMILES string of the molecule is Cc1ccc(C(=O)N[C@@H]2CCNC2)n1C. The van der Waals surface area contributed by atoms with Crippen molar-refractivity contribution in [1.29, 1.82) is 0 Å². The van der Waals surface area contributed by atoms with Crippen LogP contribution in [0.15, 0.2) is 12.1 Å². The van der Waals surface area contributed by atoms with Crippen molar-refractivity contribution in [2.45, 2.75) is 19.4 Å². The number of amides is 1. The third-order valence-electron chi connectivity index (χ3n) is 3.00. The molecule has 0 saturated carbocycles. The van der Waals surface area contributed by atoms with Gasteiger partial charge in [-0.3, -0.25) is 4.79 Å². The lowest BCUT2D eigenvalue weighted by atomic mass is 10.2. The number of nitrogens with one attached hydrogen (secondary N) is 2. The van der Waals surface area contributed by atoms with Gasteiger partial charge in [-0.05, 0) is 32.0 Å². The van der Waals surface area contributed by atoms with Crippen LogP contribution in [-0.2, 0) is 7.05 Å². The van der Waals surface area contributed by atoms with Crippen molar-refractivity contribution < 1.29 is 4.79 Å². The van der Waals surface area contributed by atoms with Crippen LogP contribution in [0, 0.1) is 6.92 Å². The Morgan fingerprint density at radius 2 is 2.40 bits per heavy atom. The number of carbonyl (C=O) groups is 1. The number of carbonyl (C=O) groups excluding carboxylic acids is 1. The highest BCUT2D eigenvalue weighted by atomic mass is 16.2. The quantitative estimate of drug-likeness (QED) is 0.738. The van der Waals surface area contributed by atoms with Gasteiger partial charge in [0.1, 0.15) is 5.69 Å². The van der Waals surface area contributed by atoms with Crippen LogP contribution in [0.5, 0.6) is 0 Å². The van der Waals surface area contributed by atoms with E-state index in [4.69, 9.17) is 0 Å². The monoisotopic (exact) mass is 207 g/mol. The minimum absolute atomic E-state index is 0.0271. The molecule has 1 amide bonds. The van der Waals surface area contributed by atoms with Crippen molar-refractivity contribution >= 4 is 5.91 Å². The molecule has 0 unspecified atom stereocenters. The third-order valence-corrected chi connectivity index (χ3v) is 3.00. The van der Waals surface area contributed by atoms with E-state index in [0.29, 0.717) is 0 Å². The van der Waals surface area contributed by atoms with Crippen LogP contribution in [0.2, 0.25) is 0 Å². The molecular weight excluding hydrogens is 190 g/mol. The van der Waals surface area contributed by atoms with Gasteiger partial charge in [-0.2, -0.15) is 0 Å². The molecule has 1 atom stereocenters. The van der Waals surface area contributed by atoms with Gasteiger partial charge in [0.25, 0.3) is 5.91 Å². The minimum atomic E-state index is 0.0271. The first kappa shape index (κ1) is 10.2. The Bertz CT molecular complexity index is 364. The number of hydrogen-bond donors (Lipinski definition) is 2. The Balaban J connectivity index is 2.04. The predicted octanol–water partition coefficient (Wildman–Crippen LogP) is 0.425. The lowest BCUT2D eigenvalue weighted by Gasteiger charge is -2.12. The average Bonchev–Trinajstić information content (AvgIpc) is 2.79. The van der Waals surface area contributed by atoms with Crippen LogP contribution < -0.4 is 10.6 Å². The molecule has 4 nitrogen and oxygen atoms in total. The average molecular weight is 207 g/mol.